The fourth-order valence-electron chi connectivity index (χ4n) is 4.67. The van der Waals surface area contributed by atoms with Crippen molar-refractivity contribution in [2.75, 3.05) is 26.2 Å². The van der Waals surface area contributed by atoms with E-state index in [1.165, 1.54) is 49.6 Å². The van der Waals surface area contributed by atoms with Crippen LogP contribution in [0.1, 0.15) is 35.2 Å². The summed E-state index contributed by atoms with van der Waals surface area (Å²) in [7, 11) is -4.99. The first-order chi connectivity index (χ1) is 18.2. The molecule has 0 saturated carbocycles. The van der Waals surface area contributed by atoms with Gasteiger partial charge >= 0.3 is 0 Å². The van der Waals surface area contributed by atoms with E-state index in [0.29, 0.717) is 44.0 Å². The lowest BCUT2D eigenvalue weighted by Crippen LogP contribution is -2.33. The van der Waals surface area contributed by atoms with Crippen molar-refractivity contribution in [3.63, 3.8) is 0 Å². The number of rotatable bonds is 8. The van der Waals surface area contributed by atoms with Crippen molar-refractivity contribution in [1.29, 1.82) is 0 Å². The molecule has 4 aromatic rings. The maximum absolute atomic E-state index is 13.8. The number of likely N-dealkylation sites (tertiary alicyclic amines) is 1. The van der Waals surface area contributed by atoms with E-state index in [0.717, 1.165) is 31.0 Å². The number of aromatic hydroxyl groups is 2. The molecule has 0 radical (unpaired) electrons. The molecule has 38 heavy (non-hydrogen) atoms. The smallest absolute Gasteiger partial charge is 0.195 e. The van der Waals surface area contributed by atoms with Crippen molar-refractivity contribution < 1.29 is 34.1 Å². The van der Waals surface area contributed by atoms with Crippen LogP contribution in [-0.4, -0.2) is 47.1 Å². The molecule has 0 bridgehead atoms. The summed E-state index contributed by atoms with van der Waals surface area (Å²) in [4.78, 5) is 39.8. The minimum atomic E-state index is -4.99. The molecule has 5 rings (SSSR count). The van der Waals surface area contributed by atoms with E-state index in [9.17, 15) is 29.4 Å². The van der Waals surface area contributed by atoms with E-state index >= 15 is 0 Å². The quantitative estimate of drug-likeness (QED) is 0.193. The standard InChI is InChI=1S/C28H28NO7PS/c30-23-11-6-19(16-24(23)31)28-26(22-10-9-21(37(33,34)35)17-25(22)38-28)27(32)18-4-7-20(8-5-18)36-15-14-29-12-2-1-3-13-29/h4-11,16-17,30-31H,1-3,12-15H2,(H2,33,34,35)/p-2. The highest BCUT2D eigenvalue weighted by atomic mass is 32.1. The van der Waals surface area contributed by atoms with Crippen molar-refractivity contribution in [2.24, 2.45) is 0 Å². The van der Waals surface area contributed by atoms with Crippen molar-refractivity contribution in [2.45, 2.75) is 19.3 Å². The van der Waals surface area contributed by atoms with E-state index in [2.05, 4.69) is 4.90 Å². The van der Waals surface area contributed by atoms with Crippen LogP contribution in [-0.2, 0) is 4.57 Å². The van der Waals surface area contributed by atoms with Crippen molar-refractivity contribution in [3.05, 3.63) is 71.8 Å². The highest BCUT2D eigenvalue weighted by Gasteiger charge is 2.23. The number of fused-ring (bicyclic) bond motifs is 1. The molecule has 0 aliphatic carbocycles. The van der Waals surface area contributed by atoms with E-state index in [-0.39, 0.29) is 22.6 Å². The lowest BCUT2D eigenvalue weighted by Gasteiger charge is -2.29. The highest BCUT2D eigenvalue weighted by Crippen LogP contribution is 2.42. The zero-order chi connectivity index (χ0) is 26.9. The molecule has 0 atom stereocenters. The minimum Gasteiger partial charge on any atom is -0.807 e. The van der Waals surface area contributed by atoms with Gasteiger partial charge in [0, 0.05) is 32.6 Å². The number of phenols is 2. The number of carbonyl (C=O) groups is 1. The molecule has 1 saturated heterocycles. The minimum absolute atomic E-state index is 0.306. The summed E-state index contributed by atoms with van der Waals surface area (Å²) in [6.07, 6.45) is 3.71. The van der Waals surface area contributed by atoms with Crippen LogP contribution in [0.5, 0.6) is 17.2 Å². The van der Waals surface area contributed by atoms with Gasteiger partial charge in [-0.15, -0.1) is 11.3 Å². The number of nitrogens with zero attached hydrogens (tertiary/aromatic N) is 1. The van der Waals surface area contributed by atoms with Crippen molar-refractivity contribution in [3.8, 4) is 27.7 Å². The Balaban J connectivity index is 1.45. The Labute approximate surface area is 223 Å². The maximum Gasteiger partial charge on any atom is 0.195 e. The zero-order valence-corrected chi connectivity index (χ0v) is 22.2. The Morgan fingerprint density at radius 3 is 2.37 bits per heavy atom. The fourth-order valence-corrected chi connectivity index (χ4v) is 6.54. The lowest BCUT2D eigenvalue weighted by molar-refractivity contribution is -0.307. The van der Waals surface area contributed by atoms with Gasteiger partial charge in [0.25, 0.3) is 0 Å². The summed E-state index contributed by atoms with van der Waals surface area (Å²) in [5, 5.41) is 19.9. The van der Waals surface area contributed by atoms with Gasteiger partial charge in [0.15, 0.2) is 17.3 Å². The van der Waals surface area contributed by atoms with Crippen LogP contribution >= 0.6 is 18.9 Å². The third-order valence-corrected chi connectivity index (χ3v) is 8.81. The van der Waals surface area contributed by atoms with Crippen molar-refractivity contribution >= 4 is 40.1 Å². The van der Waals surface area contributed by atoms with Gasteiger partial charge < -0.3 is 29.3 Å². The van der Waals surface area contributed by atoms with Gasteiger partial charge in [0.05, 0.1) is 0 Å². The fraction of sp³-hybridized carbons (Fsp3) is 0.250. The number of ether oxygens (including phenoxy) is 1. The Kier molecular flexibility index (Phi) is 7.56. The predicted octanol–water partition coefficient (Wildman–Crippen LogP) is 3.61. The molecule has 0 amide bonds. The van der Waals surface area contributed by atoms with Gasteiger partial charge in [-0.3, -0.25) is 9.69 Å². The number of benzene rings is 3. The molecule has 3 aromatic carbocycles. The second-order valence-corrected chi connectivity index (χ2v) is 11.9. The van der Waals surface area contributed by atoms with Crippen LogP contribution in [0.3, 0.4) is 0 Å². The van der Waals surface area contributed by atoms with Gasteiger partial charge in [-0.1, -0.05) is 18.6 Å². The van der Waals surface area contributed by atoms with Gasteiger partial charge in [0.2, 0.25) is 0 Å². The summed E-state index contributed by atoms with van der Waals surface area (Å²) in [5.74, 6) is -0.309. The Morgan fingerprint density at radius 2 is 1.68 bits per heavy atom. The highest BCUT2D eigenvalue weighted by molar-refractivity contribution is 7.57. The first-order valence-corrected chi connectivity index (χ1v) is 14.7. The molecule has 1 aliphatic rings. The number of thiophene rings is 1. The zero-order valence-electron chi connectivity index (χ0n) is 20.5. The van der Waals surface area contributed by atoms with E-state index < -0.39 is 7.60 Å². The molecule has 0 unspecified atom stereocenters. The SMILES string of the molecule is O=C(c1ccc(OCCN2CCCCC2)cc1)c1c(-c2ccc(O)c(O)c2)sc2cc(P(=O)([O-])[O-])ccc12. The van der Waals surface area contributed by atoms with Crippen LogP contribution in [0.4, 0.5) is 0 Å². The van der Waals surface area contributed by atoms with Gasteiger partial charge in [0.1, 0.15) is 12.4 Å². The topological polar surface area (TPSA) is 133 Å². The second kappa shape index (κ2) is 10.9. The molecule has 1 fully saturated rings. The first kappa shape index (κ1) is 26.4. The van der Waals surface area contributed by atoms with Crippen LogP contribution in [0.25, 0.3) is 20.5 Å². The summed E-state index contributed by atoms with van der Waals surface area (Å²) >= 11 is 1.13. The lowest BCUT2D eigenvalue weighted by atomic mass is 9.97. The maximum atomic E-state index is 13.8. The van der Waals surface area contributed by atoms with Crippen LogP contribution < -0.4 is 19.8 Å². The van der Waals surface area contributed by atoms with Crippen molar-refractivity contribution in [1.82, 2.24) is 4.90 Å². The van der Waals surface area contributed by atoms with Crippen LogP contribution in [0, 0.1) is 0 Å². The summed E-state index contributed by atoms with van der Waals surface area (Å²) in [6.45, 7) is 3.60. The second-order valence-electron chi connectivity index (χ2n) is 9.29. The number of hydrogen-bond donors (Lipinski definition) is 2. The number of piperidine rings is 1. The average molecular weight is 552 g/mol. The number of carbonyl (C=O) groups excluding carboxylic acids is 1. The molecule has 1 aliphatic heterocycles. The number of ketones is 1. The van der Waals surface area contributed by atoms with E-state index in [1.807, 2.05) is 0 Å². The van der Waals surface area contributed by atoms with E-state index in [1.54, 1.807) is 30.3 Å². The summed E-state index contributed by atoms with van der Waals surface area (Å²) < 4.78 is 17.9. The Morgan fingerprint density at radius 1 is 0.947 bits per heavy atom. The number of phenolic OH excluding ortho intramolecular Hbond substituents is 2. The van der Waals surface area contributed by atoms with Gasteiger partial charge in [-0.25, -0.2) is 0 Å². The molecule has 198 valence electrons. The summed E-state index contributed by atoms with van der Waals surface area (Å²) in [6, 6.07) is 15.0. The molecule has 0 spiro atoms. The summed E-state index contributed by atoms with van der Waals surface area (Å²) in [5.41, 5.74) is 1.18. The van der Waals surface area contributed by atoms with Crippen LogP contribution in [0.15, 0.2) is 60.7 Å². The van der Waals surface area contributed by atoms with Gasteiger partial charge in [-0.05, 0) is 92.9 Å². The first-order valence-electron chi connectivity index (χ1n) is 12.3. The predicted molar refractivity (Wildman–Crippen MR) is 143 cm³/mol. The third kappa shape index (κ3) is 5.62. The normalized spacial score (nSPS) is 14.6. The van der Waals surface area contributed by atoms with Crippen LogP contribution in [0.2, 0.25) is 0 Å². The Hall–Kier alpha value is -3.20. The number of hydrogen-bond acceptors (Lipinski definition) is 9. The average Bonchev–Trinajstić information content (AvgIpc) is 3.29. The molecule has 1 aromatic heterocycles. The molecular weight excluding hydrogens is 525 g/mol. The van der Waals surface area contributed by atoms with E-state index in [4.69, 9.17) is 4.74 Å². The Bertz CT molecular complexity index is 1520. The monoisotopic (exact) mass is 551 g/mol. The third-order valence-electron chi connectivity index (χ3n) is 6.70. The molecular formula is C28H26NO7PS-2. The molecule has 2 heterocycles. The molecule has 8 nitrogen and oxygen atoms in total. The molecule has 2 N–H and O–H groups in total. The van der Waals surface area contributed by atoms with Gasteiger partial charge in [-0.2, -0.15) is 0 Å². The molecule has 10 heteroatoms. The largest absolute Gasteiger partial charge is 0.807 e.